The molecule has 0 radical (unpaired) electrons. The predicted octanol–water partition coefficient (Wildman–Crippen LogP) is 3.70. The Morgan fingerprint density at radius 2 is 1.64 bits per heavy atom. The van der Waals surface area contributed by atoms with Crippen LogP contribution in [-0.4, -0.2) is 11.6 Å². The normalized spacial score (nSPS) is 13.9. The molecule has 0 aliphatic heterocycles. The van der Waals surface area contributed by atoms with Crippen LogP contribution in [0.3, 0.4) is 0 Å². The van der Waals surface area contributed by atoms with Gasteiger partial charge in [0, 0.05) is 17.3 Å². The minimum Gasteiger partial charge on any atom is -0.364 e. The molecular weight excluding hydrogens is 170 g/mol. The molecule has 0 aliphatic carbocycles. The topological polar surface area (TPSA) is 3.24 Å². The molecule has 1 aromatic carbocycles. The van der Waals surface area contributed by atoms with Gasteiger partial charge in [-0.15, -0.1) is 0 Å². The molecule has 1 heteroatoms. The Kier molecular flexibility index (Phi) is 2.40. The van der Waals surface area contributed by atoms with Crippen LogP contribution in [-0.2, 0) is 0 Å². The van der Waals surface area contributed by atoms with Gasteiger partial charge < -0.3 is 4.90 Å². The molecule has 1 nitrogen and oxygen atoms in total. The number of hydrogen-bond acceptors (Lipinski definition) is 1. The second-order valence-electron chi connectivity index (χ2n) is 4.80. The molecule has 0 amide bonds. The molecule has 0 heterocycles. The largest absolute Gasteiger partial charge is 0.364 e. The first-order chi connectivity index (χ1) is 7.25. The monoisotopic (exact) mass is 193 g/mol. The van der Waals surface area contributed by atoms with E-state index in [0.717, 1.165) is 5.69 Å². The van der Waals surface area contributed by atoms with Crippen molar-refractivity contribution in [3.63, 3.8) is 0 Å². The minimum absolute atomic E-state index is 0.0822. The van der Waals surface area contributed by atoms with Gasteiger partial charge in [0.25, 0.3) is 0 Å². The molecule has 0 aromatic heterocycles. The fraction of sp³-hybridized carbons (Fsp3) is 0.538. The van der Waals surface area contributed by atoms with Crippen LogP contribution in [0, 0.1) is 0 Å². The van der Waals surface area contributed by atoms with Crippen LogP contribution in [0.1, 0.15) is 37.4 Å². The number of hydrogen-bond donors (Lipinski definition) is 0. The lowest BCUT2D eigenvalue weighted by molar-refractivity contribution is 0.465. The van der Waals surface area contributed by atoms with Crippen molar-refractivity contribution >= 4 is 5.69 Å². The second-order valence-corrected chi connectivity index (χ2v) is 4.80. The van der Waals surface area contributed by atoms with E-state index in [2.05, 4.69) is 39.5 Å². The van der Waals surface area contributed by atoms with E-state index in [0.29, 0.717) is 12.1 Å². The lowest BCUT2D eigenvalue weighted by atomic mass is 10.0. The third kappa shape index (κ3) is 2.50. The third-order valence-corrected chi connectivity index (χ3v) is 2.11. The van der Waals surface area contributed by atoms with Gasteiger partial charge in [0.05, 0.1) is 2.74 Å². The molecule has 0 atom stereocenters. The molecule has 78 valence electrons. The van der Waals surface area contributed by atoms with Crippen LogP contribution in [0.2, 0.25) is 0 Å². The molecule has 0 unspecified atom stereocenters. The van der Waals surface area contributed by atoms with E-state index in [1.165, 1.54) is 0 Å². The summed E-state index contributed by atoms with van der Waals surface area (Å²) in [5.41, 5.74) is 0.645. The van der Waals surface area contributed by atoms with Crippen molar-refractivity contribution in [1.29, 1.82) is 0 Å². The number of para-hydroxylation sites is 1. The van der Waals surface area contributed by atoms with E-state index in [1.807, 2.05) is 0 Å². The van der Waals surface area contributed by atoms with Gasteiger partial charge in [-0.1, -0.05) is 18.2 Å². The van der Waals surface area contributed by atoms with Gasteiger partial charge in [-0.2, -0.15) is 0 Å². The minimum atomic E-state index is -0.0822. The Morgan fingerprint density at radius 3 is 2.00 bits per heavy atom. The van der Waals surface area contributed by atoms with Crippen molar-refractivity contribution < 1.29 is 2.74 Å². The van der Waals surface area contributed by atoms with Crippen molar-refractivity contribution in [2.45, 2.75) is 46.2 Å². The second kappa shape index (κ2) is 4.04. The molecule has 0 spiro atoms. The summed E-state index contributed by atoms with van der Waals surface area (Å²) in [6.07, 6.45) is 0. The zero-order valence-electron chi connectivity index (χ0n) is 11.8. The fourth-order valence-electron chi connectivity index (χ4n) is 1.85. The molecule has 14 heavy (non-hydrogen) atoms. The molecule has 0 bridgehead atoms. The molecule has 0 fully saturated rings. The highest BCUT2D eigenvalue weighted by molar-refractivity contribution is 5.49. The maximum atomic E-state index is 7.95. The van der Waals surface area contributed by atoms with Crippen LogP contribution in [0.5, 0.6) is 0 Å². The van der Waals surface area contributed by atoms with Gasteiger partial charge in [0.15, 0.2) is 0 Å². The highest BCUT2D eigenvalue weighted by Crippen LogP contribution is 2.25. The van der Waals surface area contributed by atoms with E-state index in [-0.39, 0.29) is 11.6 Å². The zero-order chi connectivity index (χ0) is 12.5. The van der Waals surface area contributed by atoms with Gasteiger partial charge >= 0.3 is 0 Å². The quantitative estimate of drug-likeness (QED) is 0.692. The SMILES string of the molecule is [2H]c1cccc([2H])c1N(C(C)C)C(C)(C)C. The molecule has 0 saturated carbocycles. The van der Waals surface area contributed by atoms with Crippen molar-refractivity contribution in [3.8, 4) is 0 Å². The van der Waals surface area contributed by atoms with Crippen molar-refractivity contribution in [2.24, 2.45) is 0 Å². The van der Waals surface area contributed by atoms with Gasteiger partial charge in [-0.3, -0.25) is 0 Å². The summed E-state index contributed by atoms with van der Waals surface area (Å²) < 4.78 is 15.9. The van der Waals surface area contributed by atoms with Crippen LogP contribution in [0.25, 0.3) is 0 Å². The summed E-state index contributed by atoms with van der Waals surface area (Å²) in [7, 11) is 0. The van der Waals surface area contributed by atoms with E-state index < -0.39 is 0 Å². The van der Waals surface area contributed by atoms with Crippen LogP contribution in [0.15, 0.2) is 30.3 Å². The number of nitrogens with zero attached hydrogens (tertiary/aromatic N) is 1. The standard InChI is InChI=1S/C13H21N/c1-11(2)14(13(3,4)5)12-9-7-6-8-10-12/h6-11H,1-5H3/i9D,10D. The van der Waals surface area contributed by atoms with Crippen LogP contribution in [0.4, 0.5) is 5.69 Å². The van der Waals surface area contributed by atoms with Gasteiger partial charge in [0.1, 0.15) is 0 Å². The van der Waals surface area contributed by atoms with Gasteiger partial charge in [-0.25, -0.2) is 0 Å². The van der Waals surface area contributed by atoms with Crippen molar-refractivity contribution in [2.75, 3.05) is 4.90 Å². The summed E-state index contributed by atoms with van der Waals surface area (Å²) in [6, 6.07) is 6.38. The van der Waals surface area contributed by atoms with Crippen molar-refractivity contribution in [1.82, 2.24) is 0 Å². The Balaban J connectivity index is 3.33. The number of rotatable bonds is 2. The van der Waals surface area contributed by atoms with Crippen LogP contribution < -0.4 is 4.90 Å². The van der Waals surface area contributed by atoms with E-state index in [9.17, 15) is 0 Å². The van der Waals surface area contributed by atoms with E-state index >= 15 is 0 Å². The Labute approximate surface area is 90.6 Å². The Hall–Kier alpha value is -0.980. The molecule has 1 aromatic rings. The smallest absolute Gasteiger partial charge is 0.0645 e. The maximum absolute atomic E-state index is 7.95. The first-order valence-corrected chi connectivity index (χ1v) is 5.10. The molecule has 0 aliphatic rings. The van der Waals surface area contributed by atoms with E-state index in [1.54, 1.807) is 18.2 Å². The third-order valence-electron chi connectivity index (χ3n) is 2.11. The van der Waals surface area contributed by atoms with Crippen LogP contribution >= 0.6 is 0 Å². The first-order valence-electron chi connectivity index (χ1n) is 6.10. The molecule has 0 N–H and O–H groups in total. The summed E-state index contributed by atoms with van der Waals surface area (Å²) in [6.45, 7) is 10.5. The summed E-state index contributed by atoms with van der Waals surface area (Å²) in [5.74, 6) is 0. The van der Waals surface area contributed by atoms with Crippen molar-refractivity contribution in [3.05, 3.63) is 30.3 Å². The van der Waals surface area contributed by atoms with Gasteiger partial charge in [0.2, 0.25) is 0 Å². The maximum Gasteiger partial charge on any atom is 0.0645 e. The molecule has 0 saturated heterocycles. The zero-order valence-corrected chi connectivity index (χ0v) is 9.76. The lowest BCUT2D eigenvalue weighted by Crippen LogP contribution is -2.46. The fourth-order valence-corrected chi connectivity index (χ4v) is 1.85. The summed E-state index contributed by atoms with van der Waals surface area (Å²) >= 11 is 0. The average molecular weight is 193 g/mol. The predicted molar refractivity (Wildman–Crippen MR) is 63.8 cm³/mol. The van der Waals surface area contributed by atoms with Gasteiger partial charge in [-0.05, 0) is 46.7 Å². The summed E-state index contributed by atoms with van der Waals surface area (Å²) in [4.78, 5) is 2.14. The summed E-state index contributed by atoms with van der Waals surface area (Å²) in [5, 5.41) is 0. The average Bonchev–Trinajstić information content (AvgIpc) is 2.08. The van der Waals surface area contributed by atoms with E-state index in [4.69, 9.17) is 2.74 Å². The number of anilines is 1. The Bertz CT molecular complexity index is 346. The highest BCUT2D eigenvalue weighted by Gasteiger charge is 2.23. The first kappa shape index (κ1) is 8.34. The number of benzene rings is 1. The lowest BCUT2D eigenvalue weighted by Gasteiger charge is -2.41. The molecular formula is C13H21N. The molecule has 1 rings (SSSR count). The Morgan fingerprint density at radius 1 is 1.14 bits per heavy atom. The highest BCUT2D eigenvalue weighted by atomic mass is 15.2.